The van der Waals surface area contributed by atoms with Gasteiger partial charge in [-0.3, -0.25) is 0 Å². The first-order valence-corrected chi connectivity index (χ1v) is 6.84. The molecule has 0 spiro atoms. The average molecular weight is 344 g/mol. The normalized spacial score (nSPS) is 10.2. The van der Waals surface area contributed by atoms with E-state index in [9.17, 15) is 19.2 Å². The zero-order chi connectivity index (χ0) is 19.6. The van der Waals surface area contributed by atoms with Crippen molar-refractivity contribution in [3.8, 4) is 0 Å². The highest BCUT2D eigenvalue weighted by molar-refractivity contribution is 5.95. The molecule has 0 aromatic heterocycles. The van der Waals surface area contributed by atoms with Crippen LogP contribution < -0.4 is 0 Å². The molecule has 0 N–H and O–H groups in total. The molecule has 8 heteroatoms. The van der Waals surface area contributed by atoms with Gasteiger partial charge in [-0.25, -0.2) is 19.2 Å². The second kappa shape index (κ2) is 10.2. The highest BCUT2D eigenvalue weighted by Gasteiger charge is 2.24. The summed E-state index contributed by atoms with van der Waals surface area (Å²) in [5.41, 5.74) is -1.39. The molecule has 0 rings (SSSR count). The molecule has 0 radical (unpaired) electrons. The van der Waals surface area contributed by atoms with Gasteiger partial charge in [0.25, 0.3) is 0 Å². The molecule has 136 valence electrons. The van der Waals surface area contributed by atoms with E-state index in [0.29, 0.717) is 0 Å². The van der Waals surface area contributed by atoms with Crippen molar-refractivity contribution in [3.63, 3.8) is 0 Å². The number of hydrogen-bond acceptors (Lipinski definition) is 8. The summed E-state index contributed by atoms with van der Waals surface area (Å²) in [5, 5.41) is 0. The van der Waals surface area contributed by atoms with Crippen LogP contribution in [0.2, 0.25) is 0 Å². The van der Waals surface area contributed by atoms with Crippen LogP contribution in [0.5, 0.6) is 0 Å². The van der Waals surface area contributed by atoms with Crippen molar-refractivity contribution in [1.82, 2.24) is 0 Å². The zero-order valence-corrected chi connectivity index (χ0v) is 14.8. The van der Waals surface area contributed by atoms with Crippen molar-refractivity contribution in [2.24, 2.45) is 0 Å². The third kappa shape index (κ3) is 17.4. The van der Waals surface area contributed by atoms with Crippen molar-refractivity contribution in [1.29, 1.82) is 0 Å². The Morgan fingerprint density at radius 2 is 0.958 bits per heavy atom. The number of carbonyl (C=O) groups excluding carboxylic acids is 4. The van der Waals surface area contributed by atoms with E-state index in [0.717, 1.165) is 12.2 Å². The minimum atomic E-state index is -1.06. The molecule has 0 atom stereocenters. The smallest absolute Gasteiger partial charge is 0.428 e. The molecular weight excluding hydrogens is 320 g/mol. The number of rotatable bonds is 2. The predicted octanol–water partition coefficient (Wildman–Crippen LogP) is 3.30. The van der Waals surface area contributed by atoms with Crippen LogP contribution in [0.4, 0.5) is 9.59 Å². The van der Waals surface area contributed by atoms with Crippen LogP contribution in [-0.2, 0) is 28.5 Å². The summed E-state index contributed by atoms with van der Waals surface area (Å²) >= 11 is 0. The van der Waals surface area contributed by atoms with Crippen molar-refractivity contribution in [2.75, 3.05) is 0 Å². The molecule has 0 aromatic rings. The van der Waals surface area contributed by atoms with Crippen LogP contribution in [0.15, 0.2) is 25.3 Å². The lowest BCUT2D eigenvalue weighted by Crippen LogP contribution is -2.29. The Bertz CT molecular complexity index is 447. The van der Waals surface area contributed by atoms with Gasteiger partial charge in [-0.2, -0.15) is 0 Å². The molecule has 24 heavy (non-hydrogen) atoms. The first kappa shape index (κ1) is 23.6. The highest BCUT2D eigenvalue weighted by Crippen LogP contribution is 2.11. The third-order valence-electron chi connectivity index (χ3n) is 1.48. The number of esters is 2. The zero-order valence-electron chi connectivity index (χ0n) is 14.8. The minimum absolute atomic E-state index is 0.695. The van der Waals surface area contributed by atoms with Crippen molar-refractivity contribution >= 4 is 24.2 Å². The molecule has 0 aromatic carbocycles. The highest BCUT2D eigenvalue weighted by atomic mass is 16.8. The van der Waals surface area contributed by atoms with E-state index in [-0.39, 0.29) is 0 Å². The minimum Gasteiger partial charge on any atom is -0.428 e. The van der Waals surface area contributed by atoms with E-state index in [1.165, 1.54) is 0 Å². The van der Waals surface area contributed by atoms with Gasteiger partial charge in [0.05, 0.1) is 0 Å². The molecule has 0 amide bonds. The topological polar surface area (TPSA) is 105 Å². The fourth-order valence-corrected chi connectivity index (χ4v) is 0.792. The summed E-state index contributed by atoms with van der Waals surface area (Å²) in [6, 6.07) is 0. The van der Waals surface area contributed by atoms with Crippen LogP contribution >= 0.6 is 0 Å². The maximum Gasteiger partial charge on any atom is 0.519 e. The maximum absolute atomic E-state index is 11.0. The van der Waals surface area contributed by atoms with Gasteiger partial charge in [-0.05, 0) is 41.5 Å². The van der Waals surface area contributed by atoms with Crippen LogP contribution in [-0.4, -0.2) is 35.5 Å². The molecule has 0 bridgehead atoms. The summed E-state index contributed by atoms with van der Waals surface area (Å²) < 4.78 is 17.8. The Hall–Kier alpha value is -2.64. The first-order valence-electron chi connectivity index (χ1n) is 6.84. The largest absolute Gasteiger partial charge is 0.519 e. The fourth-order valence-electron chi connectivity index (χ4n) is 0.792. The van der Waals surface area contributed by atoms with Crippen LogP contribution in [0.1, 0.15) is 41.5 Å². The fraction of sp³-hybridized carbons (Fsp3) is 0.500. The lowest BCUT2D eigenvalue weighted by Gasteiger charge is -2.20. The van der Waals surface area contributed by atoms with E-state index >= 15 is 0 Å². The standard InChI is InChI=1S/C10H18O5.C6H6O3/c1-9(2,3)14-7(11)13-8(12)15-10(4,5)6;1-3-5(7)9-6(8)4-2/h1-6H3;3-4H,1-2H2. The summed E-state index contributed by atoms with van der Waals surface area (Å²) in [6.45, 7) is 16.2. The Balaban J connectivity index is 0. The molecule has 0 aliphatic rings. The number of carbonyl (C=O) groups is 4. The molecule has 0 saturated carbocycles. The monoisotopic (exact) mass is 344 g/mol. The second-order valence-corrected chi connectivity index (χ2v) is 6.18. The number of hydrogen-bond donors (Lipinski definition) is 0. The Kier molecular flexibility index (Phi) is 10.0. The van der Waals surface area contributed by atoms with Crippen molar-refractivity contribution in [2.45, 2.75) is 52.7 Å². The van der Waals surface area contributed by atoms with E-state index in [1.54, 1.807) is 41.5 Å². The lowest BCUT2D eigenvalue weighted by molar-refractivity contribution is -0.152. The summed E-state index contributed by atoms with van der Waals surface area (Å²) in [6.07, 6.45) is -0.309. The van der Waals surface area contributed by atoms with Gasteiger partial charge in [-0.1, -0.05) is 13.2 Å². The Morgan fingerprint density at radius 1 is 0.667 bits per heavy atom. The summed E-state index contributed by atoms with van der Waals surface area (Å²) in [5.74, 6) is -1.53. The molecule has 0 unspecified atom stereocenters. The summed E-state index contributed by atoms with van der Waals surface area (Å²) in [7, 11) is 0. The van der Waals surface area contributed by atoms with E-state index < -0.39 is 35.5 Å². The molecular formula is C16H24O8. The van der Waals surface area contributed by atoms with Gasteiger partial charge in [0.15, 0.2) is 0 Å². The van der Waals surface area contributed by atoms with E-state index in [4.69, 9.17) is 9.47 Å². The Morgan fingerprint density at radius 3 is 1.17 bits per heavy atom. The first-order chi connectivity index (χ1) is 10.7. The van der Waals surface area contributed by atoms with E-state index in [2.05, 4.69) is 22.6 Å². The molecule has 0 aliphatic carbocycles. The van der Waals surface area contributed by atoms with E-state index in [1.807, 2.05) is 0 Å². The van der Waals surface area contributed by atoms with Crippen molar-refractivity contribution in [3.05, 3.63) is 25.3 Å². The molecule has 0 heterocycles. The van der Waals surface area contributed by atoms with Crippen LogP contribution in [0.25, 0.3) is 0 Å². The van der Waals surface area contributed by atoms with Gasteiger partial charge < -0.3 is 18.9 Å². The van der Waals surface area contributed by atoms with Gasteiger partial charge in [0.1, 0.15) is 11.2 Å². The SMILES string of the molecule is C=CC(=O)OC(=O)C=C.CC(C)(C)OC(=O)OC(=O)OC(C)(C)C. The third-order valence-corrected chi connectivity index (χ3v) is 1.48. The Labute approximate surface area is 141 Å². The lowest BCUT2D eigenvalue weighted by atomic mass is 10.2. The average Bonchev–Trinajstić information content (AvgIpc) is 2.34. The second-order valence-electron chi connectivity index (χ2n) is 6.18. The molecule has 0 fully saturated rings. The molecule has 8 nitrogen and oxygen atoms in total. The molecule has 0 aliphatic heterocycles. The van der Waals surface area contributed by atoms with Crippen LogP contribution in [0, 0.1) is 0 Å². The predicted molar refractivity (Wildman–Crippen MR) is 85.0 cm³/mol. The molecule has 0 saturated heterocycles. The van der Waals surface area contributed by atoms with Crippen molar-refractivity contribution < 1.29 is 38.1 Å². The summed E-state index contributed by atoms with van der Waals surface area (Å²) in [4.78, 5) is 42.4. The maximum atomic E-state index is 11.0. The van der Waals surface area contributed by atoms with Gasteiger partial charge >= 0.3 is 24.2 Å². The quantitative estimate of drug-likeness (QED) is 0.325. The number of ether oxygens (including phenoxy) is 4. The van der Waals surface area contributed by atoms with Crippen LogP contribution in [0.3, 0.4) is 0 Å². The van der Waals surface area contributed by atoms with Gasteiger partial charge in [0.2, 0.25) is 0 Å². The van der Waals surface area contributed by atoms with Gasteiger partial charge in [0, 0.05) is 12.2 Å². The van der Waals surface area contributed by atoms with Gasteiger partial charge in [-0.15, -0.1) is 0 Å².